The summed E-state index contributed by atoms with van der Waals surface area (Å²) in [7, 11) is 0. The second kappa shape index (κ2) is 4.97. The van der Waals surface area contributed by atoms with E-state index >= 15 is 0 Å². The first-order valence-corrected chi connectivity index (χ1v) is 10.6. The molecule has 5 aliphatic carbocycles. The molecule has 124 valence electrons. The molecular formula is C18H27Br2NO. The van der Waals surface area contributed by atoms with Crippen LogP contribution in [-0.4, -0.2) is 15.2 Å². The van der Waals surface area contributed by atoms with Crippen LogP contribution in [0.2, 0.25) is 0 Å². The summed E-state index contributed by atoms with van der Waals surface area (Å²) >= 11 is 7.28. The van der Waals surface area contributed by atoms with Crippen molar-refractivity contribution in [1.29, 1.82) is 0 Å². The molecule has 5 rings (SSSR count). The predicted molar refractivity (Wildman–Crippen MR) is 96.1 cm³/mol. The van der Waals surface area contributed by atoms with Gasteiger partial charge in [0.2, 0.25) is 5.91 Å². The number of halogens is 2. The fraction of sp³-hybridized carbons (Fsp3) is 0.944. The zero-order valence-electron chi connectivity index (χ0n) is 13.6. The molecule has 2 atom stereocenters. The zero-order valence-corrected chi connectivity index (χ0v) is 16.8. The second-order valence-corrected chi connectivity index (χ2v) is 12.7. The minimum absolute atomic E-state index is 0.184. The Kier molecular flexibility index (Phi) is 3.60. The predicted octanol–water partition coefficient (Wildman–Crippen LogP) is 4.99. The highest BCUT2D eigenvalue weighted by Crippen LogP contribution is 2.67. The molecule has 4 bridgehead atoms. The lowest BCUT2D eigenvalue weighted by molar-refractivity contribution is -0.131. The molecule has 5 aliphatic rings. The van der Waals surface area contributed by atoms with Crippen molar-refractivity contribution in [3.8, 4) is 0 Å². The van der Waals surface area contributed by atoms with Crippen LogP contribution in [0.1, 0.15) is 65.2 Å². The number of alkyl halides is 2. The van der Waals surface area contributed by atoms with E-state index in [4.69, 9.17) is 0 Å². The summed E-state index contributed by atoms with van der Waals surface area (Å²) in [5.41, 5.74) is 0.119. The molecule has 0 radical (unpaired) electrons. The van der Waals surface area contributed by atoms with Crippen molar-refractivity contribution >= 4 is 37.8 Å². The van der Waals surface area contributed by atoms with E-state index in [9.17, 15) is 4.79 Å². The van der Waals surface area contributed by atoms with E-state index in [2.05, 4.69) is 51.0 Å². The molecule has 4 heteroatoms. The minimum atomic E-state index is -0.289. The van der Waals surface area contributed by atoms with Crippen LogP contribution in [0.3, 0.4) is 0 Å². The number of amides is 1. The Bertz CT molecular complexity index is 468. The SMILES string of the molecule is CC[C@@H](NC(=O)[C@]1(C)CC1(Br)Br)C12CC3CC(CC(C3)C1)C2. The van der Waals surface area contributed by atoms with Crippen molar-refractivity contribution in [2.75, 3.05) is 0 Å². The summed E-state index contributed by atoms with van der Waals surface area (Å²) in [5, 5.41) is 3.48. The molecule has 0 saturated heterocycles. The van der Waals surface area contributed by atoms with Gasteiger partial charge in [0.25, 0.3) is 0 Å². The zero-order chi connectivity index (χ0) is 15.8. The van der Waals surface area contributed by atoms with E-state index in [1.807, 2.05) is 0 Å². The van der Waals surface area contributed by atoms with Crippen LogP contribution in [0.15, 0.2) is 0 Å². The summed E-state index contributed by atoms with van der Waals surface area (Å²) in [6.07, 6.45) is 10.4. The van der Waals surface area contributed by atoms with Crippen LogP contribution < -0.4 is 5.32 Å². The fourth-order valence-corrected chi connectivity index (χ4v) is 7.74. The van der Waals surface area contributed by atoms with Crippen LogP contribution in [0, 0.1) is 28.6 Å². The van der Waals surface area contributed by atoms with Crippen LogP contribution in [0.4, 0.5) is 0 Å². The van der Waals surface area contributed by atoms with Gasteiger partial charge < -0.3 is 5.32 Å². The van der Waals surface area contributed by atoms with Crippen LogP contribution >= 0.6 is 31.9 Å². The molecule has 0 aromatic carbocycles. The van der Waals surface area contributed by atoms with Gasteiger partial charge in [0, 0.05) is 6.04 Å². The molecule has 0 aromatic rings. The quantitative estimate of drug-likeness (QED) is 0.622. The van der Waals surface area contributed by atoms with Gasteiger partial charge >= 0.3 is 0 Å². The summed E-state index contributed by atoms with van der Waals surface area (Å²) in [4.78, 5) is 12.8. The first kappa shape index (κ1) is 15.9. The van der Waals surface area contributed by atoms with Crippen molar-refractivity contribution in [3.63, 3.8) is 0 Å². The first-order chi connectivity index (χ1) is 10.3. The maximum Gasteiger partial charge on any atom is 0.228 e. The van der Waals surface area contributed by atoms with Gasteiger partial charge in [-0.3, -0.25) is 4.79 Å². The highest BCUT2D eigenvalue weighted by molar-refractivity contribution is 9.25. The number of nitrogens with one attached hydrogen (secondary N) is 1. The van der Waals surface area contributed by atoms with Gasteiger partial charge in [-0.2, -0.15) is 0 Å². The molecule has 0 spiro atoms. The van der Waals surface area contributed by atoms with Gasteiger partial charge in [-0.1, -0.05) is 38.8 Å². The number of carbonyl (C=O) groups is 1. The lowest BCUT2D eigenvalue weighted by Crippen LogP contribution is -2.57. The number of rotatable bonds is 4. The Morgan fingerprint density at radius 1 is 1.14 bits per heavy atom. The fourth-order valence-electron chi connectivity index (χ4n) is 6.26. The molecule has 0 unspecified atom stereocenters. The lowest BCUT2D eigenvalue weighted by atomic mass is 9.47. The number of hydrogen-bond donors (Lipinski definition) is 1. The van der Waals surface area contributed by atoms with Crippen LogP contribution in [0.25, 0.3) is 0 Å². The monoisotopic (exact) mass is 431 g/mol. The van der Waals surface area contributed by atoms with Gasteiger partial charge in [0.1, 0.15) is 0 Å². The number of carbonyl (C=O) groups excluding carboxylic acids is 1. The first-order valence-electron chi connectivity index (χ1n) is 8.97. The molecule has 22 heavy (non-hydrogen) atoms. The average Bonchev–Trinajstić information content (AvgIpc) is 2.94. The van der Waals surface area contributed by atoms with Crippen molar-refractivity contribution < 1.29 is 4.79 Å². The maximum atomic E-state index is 12.8. The molecule has 0 heterocycles. The van der Waals surface area contributed by atoms with Crippen molar-refractivity contribution in [3.05, 3.63) is 0 Å². The molecule has 5 saturated carbocycles. The van der Waals surface area contributed by atoms with Crippen LogP contribution in [0.5, 0.6) is 0 Å². The molecule has 2 nitrogen and oxygen atoms in total. The third-order valence-electron chi connectivity index (χ3n) is 7.30. The highest BCUT2D eigenvalue weighted by Gasteiger charge is 2.67. The van der Waals surface area contributed by atoms with Gasteiger partial charge in [-0.05, 0) is 81.5 Å². The molecule has 5 fully saturated rings. The van der Waals surface area contributed by atoms with Crippen molar-refractivity contribution in [2.24, 2.45) is 28.6 Å². The van der Waals surface area contributed by atoms with Crippen LogP contribution in [-0.2, 0) is 4.79 Å². The summed E-state index contributed by atoms with van der Waals surface area (Å²) in [6.45, 7) is 4.33. The normalized spacial score (nSPS) is 49.0. The molecular weight excluding hydrogens is 406 g/mol. The van der Waals surface area contributed by atoms with E-state index in [0.29, 0.717) is 11.5 Å². The van der Waals surface area contributed by atoms with Gasteiger partial charge in [-0.25, -0.2) is 0 Å². The average molecular weight is 433 g/mol. The minimum Gasteiger partial charge on any atom is -0.352 e. The van der Waals surface area contributed by atoms with Gasteiger partial charge in [-0.15, -0.1) is 0 Å². The van der Waals surface area contributed by atoms with E-state index in [-0.39, 0.29) is 14.6 Å². The van der Waals surface area contributed by atoms with Crippen molar-refractivity contribution in [2.45, 2.75) is 74.5 Å². The Morgan fingerprint density at radius 2 is 1.59 bits per heavy atom. The molecule has 1 amide bonds. The molecule has 0 aromatic heterocycles. The largest absolute Gasteiger partial charge is 0.352 e. The summed E-state index contributed by atoms with van der Waals surface area (Å²) < 4.78 is -0.184. The highest BCUT2D eigenvalue weighted by atomic mass is 79.9. The van der Waals surface area contributed by atoms with Gasteiger partial charge in [0.15, 0.2) is 0 Å². The second-order valence-electron chi connectivity index (χ2n) is 8.93. The van der Waals surface area contributed by atoms with Crippen molar-refractivity contribution in [1.82, 2.24) is 5.32 Å². The standard InChI is InChI=1S/C18H27Br2NO/c1-3-14(21-15(22)16(2)10-18(16,19)20)17-7-11-4-12(8-17)6-13(5-11)9-17/h11-14H,3-10H2,1-2H3,(H,21,22)/t11?,12?,13?,14-,16+,17?/m1/s1. The molecule has 1 N–H and O–H groups in total. The summed E-state index contributed by atoms with van der Waals surface area (Å²) in [5.74, 6) is 3.07. The maximum absolute atomic E-state index is 12.8. The smallest absolute Gasteiger partial charge is 0.228 e. The summed E-state index contributed by atoms with van der Waals surface area (Å²) in [6, 6.07) is 0.377. The van der Waals surface area contributed by atoms with E-state index in [1.54, 1.807) is 0 Å². The van der Waals surface area contributed by atoms with E-state index in [1.165, 1.54) is 38.5 Å². The lowest BCUT2D eigenvalue weighted by Gasteiger charge is -2.59. The Morgan fingerprint density at radius 3 is 1.95 bits per heavy atom. The Hall–Kier alpha value is 0.430. The third kappa shape index (κ3) is 2.26. The number of hydrogen-bond acceptors (Lipinski definition) is 1. The molecule has 0 aliphatic heterocycles. The topological polar surface area (TPSA) is 29.1 Å². The Labute approximate surface area is 150 Å². The van der Waals surface area contributed by atoms with E-state index in [0.717, 1.165) is 30.6 Å². The Balaban J connectivity index is 1.52. The van der Waals surface area contributed by atoms with Gasteiger partial charge in [0.05, 0.1) is 8.65 Å². The third-order valence-corrected chi connectivity index (χ3v) is 9.61. The van der Waals surface area contributed by atoms with E-state index < -0.39 is 0 Å².